The van der Waals surface area contributed by atoms with Crippen LogP contribution in [0.2, 0.25) is 0 Å². The van der Waals surface area contributed by atoms with Crippen LogP contribution in [-0.2, 0) is 43.0 Å². The molecule has 0 aliphatic carbocycles. The van der Waals surface area contributed by atoms with Crippen LogP contribution in [0.4, 0.5) is 0 Å². The molecule has 0 aromatic heterocycles. The lowest BCUT2D eigenvalue weighted by Gasteiger charge is -2.33. The van der Waals surface area contributed by atoms with Gasteiger partial charge in [0.05, 0.1) is 52.4 Å². The third-order valence-corrected chi connectivity index (χ3v) is 7.92. The number of ether oxygens (including phenoxy) is 2. The van der Waals surface area contributed by atoms with Crippen LogP contribution in [0.3, 0.4) is 0 Å². The number of hydrogen-bond donors (Lipinski definition) is 5. The van der Waals surface area contributed by atoms with E-state index in [9.17, 15) is 48.9 Å². The van der Waals surface area contributed by atoms with Crippen LogP contribution < -0.4 is 0 Å². The number of carbonyl (C=O) groups is 7. The molecule has 1 unspecified atom stereocenters. The molecule has 0 radical (unpaired) electrons. The number of carboxylic acid groups (broad SMARTS) is 5. The highest BCUT2D eigenvalue weighted by Crippen LogP contribution is 2.12. The van der Waals surface area contributed by atoms with Crippen LogP contribution in [0.25, 0.3) is 0 Å². The number of carboxylic acids is 5. The molecular weight excluding hydrogens is 674 g/mol. The summed E-state index contributed by atoms with van der Waals surface area (Å²) in [7, 11) is 0. The van der Waals surface area contributed by atoms with Crippen molar-refractivity contribution >= 4 is 41.8 Å². The van der Waals surface area contributed by atoms with Gasteiger partial charge in [0.15, 0.2) is 0 Å². The molecular formula is C34H59N3O14. The summed E-state index contributed by atoms with van der Waals surface area (Å²) in [5.41, 5.74) is 0. The molecule has 0 aromatic rings. The van der Waals surface area contributed by atoms with Crippen molar-refractivity contribution in [1.82, 2.24) is 14.7 Å². The second-order valence-electron chi connectivity index (χ2n) is 12.6. The number of carbonyl (C=O) groups excluding carboxylic acids is 2. The smallest absolute Gasteiger partial charge is 0.317 e. The van der Waals surface area contributed by atoms with Crippen LogP contribution in [0, 0.1) is 0 Å². The SMILES string of the molecule is CCCCCCCCCCOC(=O)CCCCCCCOC(=O)CC(CN(CCN(CC(=O)O)CC(=O)O)CC(=O)O)N(CC(=O)O)CC(=O)O. The van der Waals surface area contributed by atoms with Crippen molar-refractivity contribution in [2.24, 2.45) is 0 Å². The Hall–Kier alpha value is -3.83. The molecule has 51 heavy (non-hydrogen) atoms. The van der Waals surface area contributed by atoms with Crippen molar-refractivity contribution in [2.45, 2.75) is 109 Å². The van der Waals surface area contributed by atoms with E-state index < -0.39 is 81.0 Å². The summed E-state index contributed by atoms with van der Waals surface area (Å²) >= 11 is 0. The van der Waals surface area contributed by atoms with Crippen LogP contribution >= 0.6 is 0 Å². The molecule has 0 bridgehead atoms. The van der Waals surface area contributed by atoms with Gasteiger partial charge in [-0.2, -0.15) is 0 Å². The maximum Gasteiger partial charge on any atom is 0.317 e. The van der Waals surface area contributed by atoms with E-state index in [0.717, 1.165) is 41.9 Å². The molecule has 0 amide bonds. The van der Waals surface area contributed by atoms with E-state index >= 15 is 0 Å². The first-order chi connectivity index (χ1) is 24.2. The standard InChI is InChI=1S/C34H59N3O14/c1-2-3-4-5-6-7-10-13-18-50-33(48)15-12-9-8-11-14-19-51-34(49)20-27(37(25-31(44)45)26-32(46)47)21-35(22-28(38)39)16-17-36(23-29(40)41)24-30(42)43/h27H,2-26H2,1H3,(H,38,39)(H,40,41)(H,42,43)(H,44,45)(H,46,47). The van der Waals surface area contributed by atoms with Crippen LogP contribution in [0.5, 0.6) is 0 Å². The first-order valence-corrected chi connectivity index (χ1v) is 17.8. The molecule has 17 heteroatoms. The summed E-state index contributed by atoms with van der Waals surface area (Å²) in [6.45, 7) is -1.46. The highest BCUT2D eigenvalue weighted by molar-refractivity contribution is 5.74. The molecule has 0 rings (SSSR count). The maximum absolute atomic E-state index is 12.8. The van der Waals surface area contributed by atoms with E-state index in [1.807, 2.05) is 0 Å². The van der Waals surface area contributed by atoms with Gasteiger partial charge in [-0.15, -0.1) is 0 Å². The predicted molar refractivity (Wildman–Crippen MR) is 183 cm³/mol. The number of aliphatic carboxylic acids is 5. The average Bonchev–Trinajstić information content (AvgIpc) is 3.02. The molecule has 1 atom stereocenters. The lowest BCUT2D eigenvalue weighted by atomic mass is 10.1. The van der Waals surface area contributed by atoms with Gasteiger partial charge in [-0.05, 0) is 19.3 Å². The van der Waals surface area contributed by atoms with E-state index in [4.69, 9.17) is 19.7 Å². The second-order valence-corrected chi connectivity index (χ2v) is 12.6. The van der Waals surface area contributed by atoms with Gasteiger partial charge in [-0.25, -0.2) is 0 Å². The molecule has 0 heterocycles. The molecule has 0 aromatic carbocycles. The molecule has 294 valence electrons. The zero-order chi connectivity index (χ0) is 38.4. The molecule has 0 fully saturated rings. The van der Waals surface area contributed by atoms with Crippen molar-refractivity contribution in [3.05, 3.63) is 0 Å². The van der Waals surface area contributed by atoms with Gasteiger partial charge in [-0.1, -0.05) is 71.1 Å². The highest BCUT2D eigenvalue weighted by Gasteiger charge is 2.29. The quantitative estimate of drug-likeness (QED) is 0.0464. The number of rotatable bonds is 35. The normalized spacial score (nSPS) is 11.8. The summed E-state index contributed by atoms with van der Waals surface area (Å²) < 4.78 is 10.6. The largest absolute Gasteiger partial charge is 0.480 e. The van der Waals surface area contributed by atoms with Gasteiger partial charge < -0.3 is 35.0 Å². The molecule has 0 aliphatic heterocycles. The Morgan fingerprint density at radius 1 is 0.490 bits per heavy atom. The van der Waals surface area contributed by atoms with Crippen LogP contribution in [0.1, 0.15) is 103 Å². The van der Waals surface area contributed by atoms with Crippen molar-refractivity contribution < 1.29 is 68.6 Å². The Balaban J connectivity index is 4.87. The Labute approximate surface area is 299 Å². The van der Waals surface area contributed by atoms with E-state index in [-0.39, 0.29) is 32.2 Å². The first-order valence-electron chi connectivity index (χ1n) is 17.8. The fourth-order valence-electron chi connectivity index (χ4n) is 5.41. The van der Waals surface area contributed by atoms with Gasteiger partial charge in [0, 0.05) is 32.1 Å². The average molecular weight is 734 g/mol. The zero-order valence-corrected chi connectivity index (χ0v) is 30.0. The van der Waals surface area contributed by atoms with Crippen LogP contribution in [0.15, 0.2) is 0 Å². The third-order valence-electron chi connectivity index (χ3n) is 7.92. The molecule has 0 spiro atoms. The lowest BCUT2D eigenvalue weighted by Crippen LogP contribution is -2.51. The summed E-state index contributed by atoms with van der Waals surface area (Å²) in [6.07, 6.45) is 12.7. The fourth-order valence-corrected chi connectivity index (χ4v) is 5.41. The Kier molecular flexibility index (Phi) is 27.6. The van der Waals surface area contributed by atoms with Crippen molar-refractivity contribution in [1.29, 1.82) is 0 Å². The number of esters is 2. The van der Waals surface area contributed by atoms with Crippen LogP contribution in [-0.4, -0.2) is 154 Å². The monoisotopic (exact) mass is 733 g/mol. The summed E-state index contributed by atoms with van der Waals surface area (Å²) in [6, 6.07) is -1.12. The van der Waals surface area contributed by atoms with Crippen molar-refractivity contribution in [3.8, 4) is 0 Å². The van der Waals surface area contributed by atoms with Gasteiger partial charge >= 0.3 is 41.8 Å². The van der Waals surface area contributed by atoms with E-state index in [1.54, 1.807) is 0 Å². The van der Waals surface area contributed by atoms with Gasteiger partial charge in [0.1, 0.15) is 0 Å². The Morgan fingerprint density at radius 2 is 0.882 bits per heavy atom. The molecule has 5 N–H and O–H groups in total. The van der Waals surface area contributed by atoms with Crippen molar-refractivity contribution in [2.75, 3.05) is 65.6 Å². The number of unbranched alkanes of at least 4 members (excludes halogenated alkanes) is 11. The zero-order valence-electron chi connectivity index (χ0n) is 30.0. The van der Waals surface area contributed by atoms with E-state index in [1.165, 1.54) is 37.0 Å². The molecule has 0 saturated heterocycles. The van der Waals surface area contributed by atoms with E-state index in [0.29, 0.717) is 32.3 Å². The lowest BCUT2D eigenvalue weighted by molar-refractivity contribution is -0.150. The highest BCUT2D eigenvalue weighted by atomic mass is 16.5. The summed E-state index contributed by atoms with van der Waals surface area (Å²) in [4.78, 5) is 85.0. The topological polar surface area (TPSA) is 249 Å². The third kappa shape index (κ3) is 29.6. The first kappa shape index (κ1) is 47.2. The van der Waals surface area contributed by atoms with Crippen molar-refractivity contribution in [3.63, 3.8) is 0 Å². The molecule has 0 aliphatic rings. The second kappa shape index (κ2) is 29.9. The summed E-state index contributed by atoms with van der Waals surface area (Å²) in [5.74, 6) is -7.65. The molecule has 17 nitrogen and oxygen atoms in total. The minimum atomic E-state index is -1.38. The fraction of sp³-hybridized carbons (Fsp3) is 0.794. The minimum Gasteiger partial charge on any atom is -0.480 e. The van der Waals surface area contributed by atoms with Gasteiger partial charge in [-0.3, -0.25) is 48.3 Å². The minimum absolute atomic E-state index is 0.0439. The predicted octanol–water partition coefficient (Wildman–Crippen LogP) is 2.64. The Morgan fingerprint density at radius 3 is 1.35 bits per heavy atom. The Bertz CT molecular complexity index is 1030. The summed E-state index contributed by atoms with van der Waals surface area (Å²) in [5, 5.41) is 46.4. The maximum atomic E-state index is 12.8. The number of hydrogen-bond acceptors (Lipinski definition) is 12. The molecule has 0 saturated carbocycles. The number of nitrogens with zero attached hydrogens (tertiary/aromatic N) is 3. The van der Waals surface area contributed by atoms with Gasteiger partial charge in [0.2, 0.25) is 0 Å². The van der Waals surface area contributed by atoms with Gasteiger partial charge in [0.25, 0.3) is 0 Å². The van der Waals surface area contributed by atoms with E-state index in [2.05, 4.69) is 6.92 Å².